The van der Waals surface area contributed by atoms with E-state index in [9.17, 15) is 0 Å². The van der Waals surface area contributed by atoms with Gasteiger partial charge in [0.15, 0.2) is 11.5 Å². The number of nitrogens with zero attached hydrogens (tertiary/aromatic N) is 1. The van der Waals surface area contributed by atoms with Crippen molar-refractivity contribution in [3.05, 3.63) is 48.5 Å². The van der Waals surface area contributed by atoms with Crippen LogP contribution in [0.15, 0.2) is 48.5 Å². The zero-order valence-electron chi connectivity index (χ0n) is 13.3. The molecular weight excluding hydrogens is 312 g/mol. The highest BCUT2D eigenvalue weighted by Crippen LogP contribution is 2.29. The first kappa shape index (κ1) is 17.3. The van der Waals surface area contributed by atoms with E-state index in [2.05, 4.69) is 34.5 Å². The van der Waals surface area contributed by atoms with Crippen LogP contribution >= 0.6 is 12.4 Å². The molecule has 0 aromatic heterocycles. The first-order valence-corrected chi connectivity index (χ1v) is 7.81. The van der Waals surface area contributed by atoms with Gasteiger partial charge in [-0.1, -0.05) is 24.3 Å². The maximum Gasteiger partial charge on any atom is 0.161 e. The van der Waals surface area contributed by atoms with Crippen molar-refractivity contribution in [1.29, 1.82) is 0 Å². The minimum absolute atomic E-state index is 0. The lowest BCUT2D eigenvalue weighted by molar-refractivity contribution is 0.280. The number of rotatable bonds is 6. The molecule has 2 aromatic carbocycles. The summed E-state index contributed by atoms with van der Waals surface area (Å²) < 4.78 is 11.5. The Balaban J connectivity index is 0.00000192. The Bertz CT molecular complexity index is 621. The Morgan fingerprint density at radius 3 is 2.48 bits per heavy atom. The molecule has 23 heavy (non-hydrogen) atoms. The normalized spacial score (nSPS) is 12.7. The van der Waals surface area contributed by atoms with Gasteiger partial charge in [-0.05, 0) is 31.2 Å². The van der Waals surface area contributed by atoms with Crippen LogP contribution in [0.25, 0.3) is 0 Å². The molecule has 0 bridgehead atoms. The number of fused-ring (bicyclic) bond motifs is 1. The Labute approximate surface area is 143 Å². The second kappa shape index (κ2) is 8.53. The number of halogens is 1. The van der Waals surface area contributed by atoms with Crippen LogP contribution in [0.4, 0.5) is 11.4 Å². The van der Waals surface area contributed by atoms with E-state index in [1.165, 1.54) is 11.4 Å². The van der Waals surface area contributed by atoms with Crippen LogP contribution in [0.1, 0.15) is 6.92 Å². The van der Waals surface area contributed by atoms with Crippen LogP contribution < -0.4 is 19.7 Å². The number of anilines is 2. The van der Waals surface area contributed by atoms with Gasteiger partial charge < -0.3 is 19.7 Å². The first-order chi connectivity index (χ1) is 10.9. The molecule has 124 valence electrons. The van der Waals surface area contributed by atoms with Crippen molar-refractivity contribution in [1.82, 2.24) is 0 Å². The summed E-state index contributed by atoms with van der Waals surface area (Å²) in [6.07, 6.45) is 0. The van der Waals surface area contributed by atoms with E-state index >= 15 is 0 Å². The van der Waals surface area contributed by atoms with Crippen LogP contribution in [-0.4, -0.2) is 32.8 Å². The van der Waals surface area contributed by atoms with E-state index < -0.39 is 0 Å². The highest BCUT2D eigenvalue weighted by Gasteiger charge is 2.15. The zero-order chi connectivity index (χ0) is 15.2. The minimum atomic E-state index is 0. The van der Waals surface area contributed by atoms with Crippen LogP contribution in [-0.2, 0) is 0 Å². The van der Waals surface area contributed by atoms with Crippen LogP contribution in [0, 0.1) is 0 Å². The molecule has 0 fully saturated rings. The standard InChI is InChI=1S/C18H22N2O2.ClH/c1-2-21-17-9-5-6-10-18(17)22-14-13-20-12-11-19-15-7-3-4-8-16(15)20;/h3-10,19H,2,11-14H2,1H3;1H. The lowest BCUT2D eigenvalue weighted by Crippen LogP contribution is -2.36. The van der Waals surface area contributed by atoms with Gasteiger partial charge in [0, 0.05) is 13.1 Å². The van der Waals surface area contributed by atoms with Gasteiger partial charge in [0.2, 0.25) is 0 Å². The molecule has 0 aliphatic carbocycles. The second-order valence-electron chi connectivity index (χ2n) is 5.16. The summed E-state index contributed by atoms with van der Waals surface area (Å²) in [5, 5.41) is 3.42. The molecule has 0 radical (unpaired) electrons. The van der Waals surface area contributed by atoms with Crippen molar-refractivity contribution >= 4 is 23.8 Å². The molecule has 0 saturated carbocycles. The molecule has 1 heterocycles. The van der Waals surface area contributed by atoms with Gasteiger partial charge in [-0.25, -0.2) is 0 Å². The van der Waals surface area contributed by atoms with Gasteiger partial charge in [-0.2, -0.15) is 0 Å². The summed E-state index contributed by atoms with van der Waals surface area (Å²) in [5.74, 6) is 1.62. The Morgan fingerprint density at radius 2 is 1.70 bits per heavy atom. The molecule has 1 N–H and O–H groups in total. The number of para-hydroxylation sites is 4. The van der Waals surface area contributed by atoms with E-state index in [4.69, 9.17) is 9.47 Å². The van der Waals surface area contributed by atoms with E-state index in [1.54, 1.807) is 0 Å². The van der Waals surface area contributed by atoms with Gasteiger partial charge in [0.1, 0.15) is 6.61 Å². The van der Waals surface area contributed by atoms with Crippen LogP contribution in [0.3, 0.4) is 0 Å². The molecular formula is C18H23ClN2O2. The molecule has 0 spiro atoms. The van der Waals surface area contributed by atoms with E-state index in [0.29, 0.717) is 13.2 Å². The maximum atomic E-state index is 5.92. The Morgan fingerprint density at radius 1 is 1.00 bits per heavy atom. The van der Waals surface area contributed by atoms with E-state index in [0.717, 1.165) is 31.1 Å². The molecule has 0 unspecified atom stereocenters. The van der Waals surface area contributed by atoms with Gasteiger partial charge in [-0.15, -0.1) is 12.4 Å². The quantitative estimate of drug-likeness (QED) is 0.870. The third kappa shape index (κ3) is 4.23. The molecule has 2 aromatic rings. The third-order valence-corrected chi connectivity index (χ3v) is 3.71. The van der Waals surface area contributed by atoms with Crippen molar-refractivity contribution in [3.63, 3.8) is 0 Å². The predicted molar refractivity (Wildman–Crippen MR) is 97.5 cm³/mol. The van der Waals surface area contributed by atoms with Crippen molar-refractivity contribution in [2.24, 2.45) is 0 Å². The fourth-order valence-electron chi connectivity index (χ4n) is 2.69. The largest absolute Gasteiger partial charge is 0.490 e. The predicted octanol–water partition coefficient (Wildman–Crippen LogP) is 3.82. The number of hydrogen-bond donors (Lipinski definition) is 1. The highest BCUT2D eigenvalue weighted by atomic mass is 35.5. The SMILES string of the molecule is CCOc1ccccc1OCCN1CCNc2ccccc21.Cl. The summed E-state index contributed by atoms with van der Waals surface area (Å²) in [7, 11) is 0. The average molecular weight is 335 g/mol. The van der Waals surface area contributed by atoms with E-state index in [-0.39, 0.29) is 12.4 Å². The molecule has 1 aliphatic rings. The smallest absolute Gasteiger partial charge is 0.161 e. The summed E-state index contributed by atoms with van der Waals surface area (Å²) in [6, 6.07) is 16.2. The summed E-state index contributed by atoms with van der Waals surface area (Å²) in [5.41, 5.74) is 2.44. The summed E-state index contributed by atoms with van der Waals surface area (Å²) >= 11 is 0. The average Bonchev–Trinajstić information content (AvgIpc) is 2.57. The topological polar surface area (TPSA) is 33.7 Å². The number of nitrogens with one attached hydrogen (secondary N) is 1. The number of hydrogen-bond acceptors (Lipinski definition) is 4. The zero-order valence-corrected chi connectivity index (χ0v) is 14.1. The lowest BCUT2D eigenvalue weighted by atomic mass is 10.2. The minimum Gasteiger partial charge on any atom is -0.490 e. The number of ether oxygens (including phenoxy) is 2. The van der Waals surface area contributed by atoms with E-state index in [1.807, 2.05) is 31.2 Å². The third-order valence-electron chi connectivity index (χ3n) is 3.71. The number of benzene rings is 2. The van der Waals surface area contributed by atoms with Crippen LogP contribution in [0.2, 0.25) is 0 Å². The van der Waals surface area contributed by atoms with Crippen LogP contribution in [0.5, 0.6) is 11.5 Å². The maximum absolute atomic E-state index is 5.92. The molecule has 4 nitrogen and oxygen atoms in total. The molecule has 1 aliphatic heterocycles. The first-order valence-electron chi connectivity index (χ1n) is 7.81. The van der Waals surface area contributed by atoms with Gasteiger partial charge >= 0.3 is 0 Å². The second-order valence-corrected chi connectivity index (χ2v) is 5.16. The lowest BCUT2D eigenvalue weighted by Gasteiger charge is -2.31. The molecule has 3 rings (SSSR count). The van der Waals surface area contributed by atoms with Crippen molar-refractivity contribution < 1.29 is 9.47 Å². The van der Waals surface area contributed by atoms with Crippen molar-refractivity contribution in [2.75, 3.05) is 43.1 Å². The molecule has 0 saturated heterocycles. The van der Waals surface area contributed by atoms with Gasteiger partial charge in [-0.3, -0.25) is 0 Å². The summed E-state index contributed by atoms with van der Waals surface area (Å²) in [6.45, 7) is 6.08. The van der Waals surface area contributed by atoms with Crippen molar-refractivity contribution in [2.45, 2.75) is 6.92 Å². The van der Waals surface area contributed by atoms with Gasteiger partial charge in [0.05, 0.1) is 24.5 Å². The Hall–Kier alpha value is -2.07. The Kier molecular flexibility index (Phi) is 6.41. The molecule has 0 amide bonds. The van der Waals surface area contributed by atoms with Crippen molar-refractivity contribution in [3.8, 4) is 11.5 Å². The fourth-order valence-corrected chi connectivity index (χ4v) is 2.69. The van der Waals surface area contributed by atoms with Gasteiger partial charge in [0.25, 0.3) is 0 Å². The monoisotopic (exact) mass is 334 g/mol. The summed E-state index contributed by atoms with van der Waals surface area (Å²) in [4.78, 5) is 2.36. The fraction of sp³-hybridized carbons (Fsp3) is 0.333. The highest BCUT2D eigenvalue weighted by molar-refractivity contribution is 5.85. The molecule has 5 heteroatoms. The molecule has 0 atom stereocenters.